The van der Waals surface area contributed by atoms with E-state index in [4.69, 9.17) is 5.73 Å². The molecular formula is C7H9N5O2. The van der Waals surface area contributed by atoms with Crippen molar-refractivity contribution in [2.24, 2.45) is 12.8 Å². The predicted octanol–water partition coefficient (Wildman–Crippen LogP) is -1.66. The Hall–Kier alpha value is -1.89. The van der Waals surface area contributed by atoms with E-state index in [1.807, 2.05) is 0 Å². The fourth-order valence-corrected chi connectivity index (χ4v) is 1.37. The van der Waals surface area contributed by atoms with Gasteiger partial charge < -0.3 is 10.3 Å². The molecule has 2 aromatic heterocycles. The molecule has 0 aromatic carbocycles. The highest BCUT2D eigenvalue weighted by Crippen LogP contribution is 2.01. The number of hydrogen-bond donors (Lipinski definition) is 2. The summed E-state index contributed by atoms with van der Waals surface area (Å²) in [5.41, 5.74) is 5.03. The van der Waals surface area contributed by atoms with E-state index in [9.17, 15) is 9.59 Å². The third kappa shape index (κ3) is 0.990. The normalized spacial score (nSPS) is 11.0. The van der Waals surface area contributed by atoms with Crippen LogP contribution in [-0.4, -0.2) is 19.1 Å². The predicted molar refractivity (Wildman–Crippen MR) is 49.8 cm³/mol. The smallest absolute Gasteiger partial charge is 0.328 e. The zero-order valence-electron chi connectivity index (χ0n) is 7.52. The van der Waals surface area contributed by atoms with Gasteiger partial charge in [-0.2, -0.15) is 0 Å². The first kappa shape index (κ1) is 8.70. The minimum Gasteiger partial charge on any atom is -0.328 e. The van der Waals surface area contributed by atoms with E-state index in [0.29, 0.717) is 11.2 Å². The van der Waals surface area contributed by atoms with Crippen LogP contribution in [0.1, 0.15) is 0 Å². The van der Waals surface area contributed by atoms with Gasteiger partial charge >= 0.3 is 5.69 Å². The summed E-state index contributed by atoms with van der Waals surface area (Å²) in [4.78, 5) is 28.8. The fourth-order valence-electron chi connectivity index (χ4n) is 1.37. The summed E-state index contributed by atoms with van der Waals surface area (Å²) >= 11 is 0. The molecule has 0 aliphatic rings. The molecule has 0 aliphatic carbocycles. The lowest BCUT2D eigenvalue weighted by molar-refractivity contribution is 0.695. The molecule has 3 N–H and O–H groups in total. The molecule has 74 valence electrons. The molecule has 7 heteroatoms. The molecule has 2 aromatic rings. The van der Waals surface area contributed by atoms with Gasteiger partial charge in [0.1, 0.15) is 0 Å². The SMILES string of the molecule is Cn1cnc2c1c(=O)[nH]c(=O)n2CN. The van der Waals surface area contributed by atoms with Crippen LogP contribution in [0.5, 0.6) is 0 Å². The van der Waals surface area contributed by atoms with E-state index in [0.717, 1.165) is 0 Å². The van der Waals surface area contributed by atoms with Gasteiger partial charge in [-0.05, 0) is 0 Å². The molecule has 7 nitrogen and oxygen atoms in total. The molecule has 0 bridgehead atoms. The van der Waals surface area contributed by atoms with E-state index in [1.54, 1.807) is 11.6 Å². The lowest BCUT2D eigenvalue weighted by Gasteiger charge is -2.01. The van der Waals surface area contributed by atoms with Crippen molar-refractivity contribution in [3.63, 3.8) is 0 Å². The van der Waals surface area contributed by atoms with Gasteiger partial charge in [-0.25, -0.2) is 9.78 Å². The monoisotopic (exact) mass is 195 g/mol. The highest BCUT2D eigenvalue weighted by atomic mass is 16.2. The number of H-pyrrole nitrogens is 1. The van der Waals surface area contributed by atoms with E-state index in [1.165, 1.54) is 10.9 Å². The molecule has 0 amide bonds. The number of nitrogens with zero attached hydrogens (tertiary/aromatic N) is 3. The third-order valence-corrected chi connectivity index (χ3v) is 2.04. The van der Waals surface area contributed by atoms with Crippen LogP contribution in [0.25, 0.3) is 11.2 Å². The molecule has 0 fully saturated rings. The number of rotatable bonds is 1. The van der Waals surface area contributed by atoms with Gasteiger partial charge in [-0.3, -0.25) is 14.3 Å². The first-order chi connectivity index (χ1) is 6.65. The summed E-state index contributed by atoms with van der Waals surface area (Å²) in [6.45, 7) is -0.0108. The van der Waals surface area contributed by atoms with Crippen molar-refractivity contribution in [3.8, 4) is 0 Å². The van der Waals surface area contributed by atoms with Crippen molar-refractivity contribution < 1.29 is 0 Å². The fraction of sp³-hybridized carbons (Fsp3) is 0.286. The zero-order valence-corrected chi connectivity index (χ0v) is 7.52. The van der Waals surface area contributed by atoms with E-state index in [-0.39, 0.29) is 6.67 Å². The second-order valence-electron chi connectivity index (χ2n) is 2.90. The Balaban J connectivity index is 3.08. The number of fused-ring (bicyclic) bond motifs is 1. The Morgan fingerprint density at radius 1 is 1.57 bits per heavy atom. The molecule has 0 atom stereocenters. The van der Waals surface area contributed by atoms with E-state index in [2.05, 4.69) is 9.97 Å². The minimum atomic E-state index is -0.538. The van der Waals surface area contributed by atoms with Gasteiger partial charge in [0.2, 0.25) is 0 Å². The maximum atomic E-state index is 11.4. The zero-order chi connectivity index (χ0) is 10.3. The molecular weight excluding hydrogens is 186 g/mol. The van der Waals surface area contributed by atoms with Crippen molar-refractivity contribution in [2.75, 3.05) is 0 Å². The number of nitrogens with two attached hydrogens (primary N) is 1. The highest BCUT2D eigenvalue weighted by molar-refractivity contribution is 5.69. The van der Waals surface area contributed by atoms with Crippen LogP contribution in [0, 0.1) is 0 Å². The van der Waals surface area contributed by atoms with Crippen LogP contribution < -0.4 is 17.0 Å². The number of hydrogen-bond acceptors (Lipinski definition) is 4. The average molecular weight is 195 g/mol. The largest absolute Gasteiger partial charge is 0.331 e. The third-order valence-electron chi connectivity index (χ3n) is 2.04. The molecule has 0 unspecified atom stereocenters. The topological polar surface area (TPSA) is 98.7 Å². The van der Waals surface area contributed by atoms with E-state index < -0.39 is 11.2 Å². The maximum absolute atomic E-state index is 11.4. The summed E-state index contributed by atoms with van der Waals surface area (Å²) in [6.07, 6.45) is 1.46. The van der Waals surface area contributed by atoms with Crippen molar-refractivity contribution in [1.29, 1.82) is 0 Å². The summed E-state index contributed by atoms with van der Waals surface area (Å²) in [7, 11) is 1.68. The van der Waals surface area contributed by atoms with Crippen molar-refractivity contribution in [2.45, 2.75) is 6.67 Å². The van der Waals surface area contributed by atoms with Crippen molar-refractivity contribution >= 4 is 11.2 Å². The van der Waals surface area contributed by atoms with Gasteiger partial charge in [-0.15, -0.1) is 0 Å². The number of aromatic amines is 1. The quantitative estimate of drug-likeness (QED) is 0.568. The molecule has 0 radical (unpaired) electrons. The van der Waals surface area contributed by atoms with Gasteiger partial charge in [0, 0.05) is 7.05 Å². The Labute approximate surface area is 77.8 Å². The second-order valence-corrected chi connectivity index (χ2v) is 2.90. The first-order valence-corrected chi connectivity index (χ1v) is 3.99. The molecule has 2 heterocycles. The maximum Gasteiger partial charge on any atom is 0.331 e. The lowest BCUT2D eigenvalue weighted by atomic mass is 10.5. The standard InChI is InChI=1S/C7H9N5O2/c1-11-3-9-5-4(11)6(13)10-7(14)12(5)2-8/h3H,2,8H2,1H3,(H,10,13,14). The lowest BCUT2D eigenvalue weighted by Crippen LogP contribution is -2.33. The first-order valence-electron chi connectivity index (χ1n) is 3.99. The number of aryl methyl sites for hydroxylation is 1. The molecule has 2 rings (SSSR count). The summed E-state index contributed by atoms with van der Waals surface area (Å²) < 4.78 is 2.75. The van der Waals surface area contributed by atoms with Gasteiger partial charge in [-0.1, -0.05) is 0 Å². The number of aromatic nitrogens is 4. The van der Waals surface area contributed by atoms with E-state index >= 15 is 0 Å². The van der Waals surface area contributed by atoms with Crippen LogP contribution in [0.15, 0.2) is 15.9 Å². The average Bonchev–Trinajstić information content (AvgIpc) is 2.49. The Morgan fingerprint density at radius 2 is 2.29 bits per heavy atom. The van der Waals surface area contributed by atoms with Crippen LogP contribution in [-0.2, 0) is 13.7 Å². The van der Waals surface area contributed by atoms with Crippen LogP contribution in [0.4, 0.5) is 0 Å². The van der Waals surface area contributed by atoms with Crippen LogP contribution >= 0.6 is 0 Å². The van der Waals surface area contributed by atoms with Crippen molar-refractivity contribution in [3.05, 3.63) is 27.2 Å². The summed E-state index contributed by atoms with van der Waals surface area (Å²) in [5, 5.41) is 0. The molecule has 0 spiro atoms. The summed E-state index contributed by atoms with van der Waals surface area (Å²) in [6, 6.07) is 0. The number of nitrogens with one attached hydrogen (secondary N) is 1. The van der Waals surface area contributed by atoms with Crippen LogP contribution in [0.3, 0.4) is 0 Å². The Bertz CT molecular complexity index is 590. The number of imidazole rings is 1. The highest BCUT2D eigenvalue weighted by Gasteiger charge is 2.09. The second kappa shape index (κ2) is 2.81. The molecule has 14 heavy (non-hydrogen) atoms. The van der Waals surface area contributed by atoms with Gasteiger partial charge in [0.15, 0.2) is 11.2 Å². The summed E-state index contributed by atoms with van der Waals surface area (Å²) in [5.74, 6) is 0. The Kier molecular flexibility index (Phi) is 1.74. The molecule has 0 aliphatic heterocycles. The molecule has 0 saturated carbocycles. The van der Waals surface area contributed by atoms with Crippen molar-refractivity contribution in [1.82, 2.24) is 19.1 Å². The van der Waals surface area contributed by atoms with Gasteiger partial charge in [0.05, 0.1) is 13.0 Å². The van der Waals surface area contributed by atoms with Crippen LogP contribution in [0.2, 0.25) is 0 Å². The molecule has 0 saturated heterocycles. The minimum absolute atomic E-state index is 0.0108. The Morgan fingerprint density at radius 3 is 2.93 bits per heavy atom. The van der Waals surface area contributed by atoms with Gasteiger partial charge in [0.25, 0.3) is 5.56 Å².